The number of ether oxygens (including phenoxy) is 2. The zero-order valence-electron chi connectivity index (χ0n) is 15.1. The molecule has 0 aliphatic carbocycles. The van der Waals surface area contributed by atoms with Gasteiger partial charge in [-0.1, -0.05) is 81.4 Å². The summed E-state index contributed by atoms with van der Waals surface area (Å²) in [7, 11) is 0. The van der Waals surface area contributed by atoms with E-state index in [1.165, 1.54) is 0 Å². The van der Waals surface area contributed by atoms with Gasteiger partial charge in [-0.3, -0.25) is 0 Å². The van der Waals surface area contributed by atoms with E-state index in [4.69, 9.17) is 15.2 Å². The number of amides is 1. The largest absolute Gasteiger partial charge is 0.443 e. The third-order valence-electron chi connectivity index (χ3n) is 4.12. The topological polar surface area (TPSA) is 61.6 Å². The van der Waals surface area contributed by atoms with Crippen LogP contribution in [0.3, 0.4) is 0 Å². The molecule has 0 aromatic heterocycles. The van der Waals surface area contributed by atoms with E-state index in [9.17, 15) is 4.79 Å². The lowest BCUT2D eigenvalue weighted by atomic mass is 9.73. The number of primary amides is 1. The minimum Gasteiger partial charge on any atom is -0.443 e. The van der Waals surface area contributed by atoms with Crippen molar-refractivity contribution in [2.24, 2.45) is 11.1 Å². The standard InChI is InChI=1S/C21H27NO3/c1-21(2,3)19(17-12-8-5-9-13-17)18(25-20(22)23)15-24-14-16-10-6-4-7-11-16/h4-13,18-19H,14-15H2,1-3H3,(H2,22,23)/t18-,19?/m1/s1. The molecular formula is C21H27NO3. The Morgan fingerprint density at radius 1 is 1.00 bits per heavy atom. The van der Waals surface area contributed by atoms with Gasteiger partial charge in [0.25, 0.3) is 0 Å². The lowest BCUT2D eigenvalue weighted by Gasteiger charge is -2.36. The van der Waals surface area contributed by atoms with Gasteiger partial charge < -0.3 is 15.2 Å². The summed E-state index contributed by atoms with van der Waals surface area (Å²) in [4.78, 5) is 11.5. The van der Waals surface area contributed by atoms with Crippen LogP contribution in [0.15, 0.2) is 60.7 Å². The van der Waals surface area contributed by atoms with Crippen LogP contribution in [-0.2, 0) is 16.1 Å². The smallest absolute Gasteiger partial charge is 0.404 e. The van der Waals surface area contributed by atoms with E-state index in [0.717, 1.165) is 11.1 Å². The maximum absolute atomic E-state index is 11.5. The molecule has 0 spiro atoms. The zero-order chi connectivity index (χ0) is 18.3. The first kappa shape index (κ1) is 19.0. The van der Waals surface area contributed by atoms with Gasteiger partial charge >= 0.3 is 6.09 Å². The van der Waals surface area contributed by atoms with E-state index in [2.05, 4.69) is 20.8 Å². The molecule has 1 amide bonds. The summed E-state index contributed by atoms with van der Waals surface area (Å²) in [6, 6.07) is 19.9. The van der Waals surface area contributed by atoms with Gasteiger partial charge in [-0.15, -0.1) is 0 Å². The molecule has 4 heteroatoms. The highest BCUT2D eigenvalue weighted by molar-refractivity contribution is 5.65. The van der Waals surface area contributed by atoms with Gasteiger partial charge in [-0.05, 0) is 16.5 Å². The van der Waals surface area contributed by atoms with E-state index in [1.807, 2.05) is 60.7 Å². The minimum atomic E-state index is -0.779. The molecule has 0 fully saturated rings. The fraction of sp³-hybridized carbons (Fsp3) is 0.381. The van der Waals surface area contributed by atoms with Crippen molar-refractivity contribution in [3.8, 4) is 0 Å². The number of nitrogens with two attached hydrogens (primary N) is 1. The molecule has 1 unspecified atom stereocenters. The monoisotopic (exact) mass is 341 g/mol. The Labute approximate surface area is 150 Å². The Morgan fingerprint density at radius 3 is 2.08 bits per heavy atom. The molecule has 134 valence electrons. The van der Waals surface area contributed by atoms with Crippen LogP contribution < -0.4 is 5.73 Å². The Bertz CT molecular complexity index is 650. The van der Waals surface area contributed by atoms with Crippen LogP contribution in [0.2, 0.25) is 0 Å². The number of hydrogen-bond donors (Lipinski definition) is 1. The van der Waals surface area contributed by atoms with Crippen LogP contribution in [0.4, 0.5) is 4.79 Å². The summed E-state index contributed by atoms with van der Waals surface area (Å²) in [5, 5.41) is 0. The molecule has 0 saturated heterocycles. The normalized spacial score (nSPS) is 13.9. The SMILES string of the molecule is CC(C)(C)C(c1ccccc1)[C@@H](COCc1ccccc1)OC(N)=O. The summed E-state index contributed by atoms with van der Waals surface area (Å²) in [6.45, 7) is 7.12. The van der Waals surface area contributed by atoms with Crippen molar-refractivity contribution in [3.63, 3.8) is 0 Å². The highest BCUT2D eigenvalue weighted by Gasteiger charge is 2.36. The van der Waals surface area contributed by atoms with Gasteiger partial charge in [0.15, 0.2) is 0 Å². The predicted molar refractivity (Wildman–Crippen MR) is 99.2 cm³/mol. The van der Waals surface area contributed by atoms with Crippen molar-refractivity contribution in [1.82, 2.24) is 0 Å². The Morgan fingerprint density at radius 2 is 1.56 bits per heavy atom. The van der Waals surface area contributed by atoms with E-state index in [-0.39, 0.29) is 17.9 Å². The van der Waals surface area contributed by atoms with Crippen molar-refractivity contribution < 1.29 is 14.3 Å². The van der Waals surface area contributed by atoms with Crippen molar-refractivity contribution in [3.05, 3.63) is 71.8 Å². The molecule has 4 nitrogen and oxygen atoms in total. The van der Waals surface area contributed by atoms with Crippen LogP contribution in [0.5, 0.6) is 0 Å². The second kappa shape index (κ2) is 8.67. The summed E-state index contributed by atoms with van der Waals surface area (Å²) < 4.78 is 11.3. The molecule has 25 heavy (non-hydrogen) atoms. The highest BCUT2D eigenvalue weighted by atomic mass is 16.6. The third-order valence-corrected chi connectivity index (χ3v) is 4.12. The van der Waals surface area contributed by atoms with E-state index in [0.29, 0.717) is 6.61 Å². The van der Waals surface area contributed by atoms with Crippen molar-refractivity contribution >= 4 is 6.09 Å². The second-order valence-electron chi connectivity index (χ2n) is 7.23. The maximum atomic E-state index is 11.5. The zero-order valence-corrected chi connectivity index (χ0v) is 15.1. The molecular weight excluding hydrogens is 314 g/mol. The predicted octanol–water partition coefficient (Wildman–Crippen LogP) is 4.50. The quantitative estimate of drug-likeness (QED) is 0.806. The van der Waals surface area contributed by atoms with Gasteiger partial charge in [-0.2, -0.15) is 0 Å². The van der Waals surface area contributed by atoms with Gasteiger partial charge in [0.1, 0.15) is 6.10 Å². The molecule has 2 atom stereocenters. The number of carbonyl (C=O) groups is 1. The number of rotatable bonds is 7. The fourth-order valence-electron chi connectivity index (χ4n) is 3.15. The molecule has 2 aromatic carbocycles. The molecule has 0 heterocycles. The molecule has 0 saturated carbocycles. The van der Waals surface area contributed by atoms with E-state index >= 15 is 0 Å². The van der Waals surface area contributed by atoms with Gasteiger partial charge in [-0.25, -0.2) is 4.79 Å². The summed E-state index contributed by atoms with van der Waals surface area (Å²) >= 11 is 0. The average molecular weight is 341 g/mol. The lowest BCUT2D eigenvalue weighted by Crippen LogP contribution is -2.38. The molecule has 2 N–H and O–H groups in total. The molecule has 0 aliphatic rings. The first-order chi connectivity index (χ1) is 11.9. The van der Waals surface area contributed by atoms with Gasteiger partial charge in [0, 0.05) is 5.92 Å². The number of carbonyl (C=O) groups excluding carboxylic acids is 1. The van der Waals surface area contributed by atoms with Crippen LogP contribution in [-0.4, -0.2) is 18.8 Å². The number of benzene rings is 2. The van der Waals surface area contributed by atoms with Crippen molar-refractivity contribution in [1.29, 1.82) is 0 Å². The fourth-order valence-corrected chi connectivity index (χ4v) is 3.15. The van der Waals surface area contributed by atoms with Gasteiger partial charge in [0.05, 0.1) is 13.2 Å². The molecule has 0 aliphatic heterocycles. The maximum Gasteiger partial charge on any atom is 0.404 e. The minimum absolute atomic E-state index is 0.0306. The van der Waals surface area contributed by atoms with Crippen LogP contribution in [0.25, 0.3) is 0 Å². The summed E-state index contributed by atoms with van der Waals surface area (Å²) in [5.74, 6) is -0.0306. The van der Waals surface area contributed by atoms with Crippen LogP contribution in [0, 0.1) is 5.41 Å². The van der Waals surface area contributed by atoms with Crippen molar-refractivity contribution in [2.45, 2.75) is 39.4 Å². The first-order valence-corrected chi connectivity index (χ1v) is 8.50. The highest BCUT2D eigenvalue weighted by Crippen LogP contribution is 2.39. The second-order valence-corrected chi connectivity index (χ2v) is 7.23. The molecule has 2 aromatic rings. The Balaban J connectivity index is 2.16. The van der Waals surface area contributed by atoms with E-state index < -0.39 is 12.2 Å². The summed E-state index contributed by atoms with van der Waals surface area (Å²) in [6.07, 6.45) is -1.23. The Hall–Kier alpha value is -2.33. The third kappa shape index (κ3) is 5.91. The summed E-state index contributed by atoms with van der Waals surface area (Å²) in [5.41, 5.74) is 7.37. The van der Waals surface area contributed by atoms with Crippen LogP contribution >= 0.6 is 0 Å². The number of hydrogen-bond acceptors (Lipinski definition) is 3. The Kier molecular flexibility index (Phi) is 6.59. The van der Waals surface area contributed by atoms with E-state index in [1.54, 1.807) is 0 Å². The molecule has 2 rings (SSSR count). The van der Waals surface area contributed by atoms with Gasteiger partial charge in [0.2, 0.25) is 0 Å². The van der Waals surface area contributed by atoms with Crippen LogP contribution in [0.1, 0.15) is 37.8 Å². The lowest BCUT2D eigenvalue weighted by molar-refractivity contribution is -0.0147. The van der Waals surface area contributed by atoms with Crippen molar-refractivity contribution in [2.75, 3.05) is 6.61 Å². The molecule has 0 bridgehead atoms. The average Bonchev–Trinajstić information content (AvgIpc) is 2.55. The first-order valence-electron chi connectivity index (χ1n) is 8.50. The molecule has 0 radical (unpaired) electrons.